The molecule has 0 N–H and O–H groups in total. The van der Waals surface area contributed by atoms with Crippen molar-refractivity contribution in [2.75, 3.05) is 6.79 Å². The van der Waals surface area contributed by atoms with E-state index < -0.39 is 0 Å². The zero-order valence-corrected chi connectivity index (χ0v) is 9.25. The van der Waals surface area contributed by atoms with Crippen LogP contribution in [0.5, 0.6) is 11.5 Å². The molecule has 1 heterocycles. The van der Waals surface area contributed by atoms with Gasteiger partial charge in [-0.05, 0) is 41.9 Å². The van der Waals surface area contributed by atoms with Crippen LogP contribution in [0.4, 0.5) is 0 Å². The molecule has 1 aromatic carbocycles. The van der Waals surface area contributed by atoms with Crippen molar-refractivity contribution < 1.29 is 9.47 Å². The third-order valence-corrected chi connectivity index (χ3v) is 3.84. The van der Waals surface area contributed by atoms with E-state index in [4.69, 9.17) is 9.47 Å². The molecule has 15 heavy (non-hydrogen) atoms. The molecule has 0 amide bonds. The zero-order valence-electron chi connectivity index (χ0n) is 9.25. The topological polar surface area (TPSA) is 18.5 Å². The summed E-state index contributed by atoms with van der Waals surface area (Å²) in [5, 5.41) is 0. The number of fused-ring (bicyclic) bond motifs is 1. The number of hydrogen-bond acceptors (Lipinski definition) is 2. The molecule has 0 spiro atoms. The molecule has 3 rings (SSSR count). The molecular weight excluding hydrogens is 188 g/mol. The summed E-state index contributed by atoms with van der Waals surface area (Å²) < 4.78 is 10.7. The van der Waals surface area contributed by atoms with Gasteiger partial charge in [0.25, 0.3) is 0 Å². The van der Waals surface area contributed by atoms with Crippen LogP contribution in [-0.4, -0.2) is 6.79 Å². The van der Waals surface area contributed by atoms with Crippen LogP contribution < -0.4 is 9.47 Å². The highest BCUT2D eigenvalue weighted by atomic mass is 16.7. The van der Waals surface area contributed by atoms with Crippen LogP contribution in [0.15, 0.2) is 18.2 Å². The lowest BCUT2D eigenvalue weighted by atomic mass is 9.85. The maximum Gasteiger partial charge on any atom is 0.231 e. The van der Waals surface area contributed by atoms with Crippen LogP contribution in [-0.2, 0) is 5.41 Å². The first kappa shape index (κ1) is 9.08. The molecule has 0 saturated heterocycles. The SMILES string of the molecule is CC(C)C1(c2ccc3c(c2)OCO3)CC1. The Bertz CT molecular complexity index is 392. The fraction of sp³-hybridized carbons (Fsp3) is 0.538. The van der Waals surface area contributed by atoms with Gasteiger partial charge in [-0.25, -0.2) is 0 Å². The lowest BCUT2D eigenvalue weighted by Crippen LogP contribution is -2.14. The molecule has 1 fully saturated rings. The molecule has 0 bridgehead atoms. The van der Waals surface area contributed by atoms with Gasteiger partial charge in [-0.2, -0.15) is 0 Å². The minimum Gasteiger partial charge on any atom is -0.454 e. The molecule has 1 aliphatic heterocycles. The predicted octanol–water partition coefficient (Wildman–Crippen LogP) is 3.10. The van der Waals surface area contributed by atoms with E-state index in [1.54, 1.807) is 0 Å². The summed E-state index contributed by atoms with van der Waals surface area (Å²) in [6, 6.07) is 6.40. The highest BCUT2D eigenvalue weighted by molar-refractivity contribution is 5.48. The fourth-order valence-electron chi connectivity index (χ4n) is 2.54. The maximum absolute atomic E-state index is 5.42. The van der Waals surface area contributed by atoms with Crippen molar-refractivity contribution in [2.45, 2.75) is 32.1 Å². The van der Waals surface area contributed by atoms with Gasteiger partial charge in [0, 0.05) is 0 Å². The van der Waals surface area contributed by atoms with Gasteiger partial charge in [0.15, 0.2) is 11.5 Å². The molecule has 0 radical (unpaired) electrons. The van der Waals surface area contributed by atoms with E-state index in [-0.39, 0.29) is 0 Å². The Labute approximate surface area is 90.2 Å². The van der Waals surface area contributed by atoms with Gasteiger partial charge in [0.1, 0.15) is 0 Å². The van der Waals surface area contributed by atoms with Gasteiger partial charge in [-0.3, -0.25) is 0 Å². The fourth-order valence-corrected chi connectivity index (χ4v) is 2.54. The summed E-state index contributed by atoms with van der Waals surface area (Å²) in [5.41, 5.74) is 1.84. The van der Waals surface area contributed by atoms with Gasteiger partial charge in [-0.1, -0.05) is 19.9 Å². The van der Waals surface area contributed by atoms with Crippen molar-refractivity contribution >= 4 is 0 Å². The first-order valence-electron chi connectivity index (χ1n) is 5.62. The zero-order chi connectivity index (χ0) is 10.5. The van der Waals surface area contributed by atoms with E-state index >= 15 is 0 Å². The van der Waals surface area contributed by atoms with Crippen LogP contribution >= 0.6 is 0 Å². The molecule has 2 aliphatic rings. The number of benzene rings is 1. The molecule has 2 nitrogen and oxygen atoms in total. The van der Waals surface area contributed by atoms with Crippen molar-refractivity contribution in [1.29, 1.82) is 0 Å². The quantitative estimate of drug-likeness (QED) is 0.737. The third kappa shape index (κ3) is 1.24. The van der Waals surface area contributed by atoms with Gasteiger partial charge in [-0.15, -0.1) is 0 Å². The van der Waals surface area contributed by atoms with E-state index in [1.165, 1.54) is 18.4 Å². The van der Waals surface area contributed by atoms with Crippen LogP contribution in [0.25, 0.3) is 0 Å². The summed E-state index contributed by atoms with van der Waals surface area (Å²) >= 11 is 0. The summed E-state index contributed by atoms with van der Waals surface area (Å²) in [6.45, 7) is 4.97. The minimum atomic E-state index is 0.369. The second-order valence-corrected chi connectivity index (χ2v) is 4.88. The average molecular weight is 204 g/mol. The largest absolute Gasteiger partial charge is 0.454 e. The second-order valence-electron chi connectivity index (χ2n) is 4.88. The molecule has 1 aromatic rings. The predicted molar refractivity (Wildman–Crippen MR) is 58.3 cm³/mol. The van der Waals surface area contributed by atoms with Crippen molar-refractivity contribution in [3.63, 3.8) is 0 Å². The van der Waals surface area contributed by atoms with Crippen LogP contribution in [0.3, 0.4) is 0 Å². The van der Waals surface area contributed by atoms with E-state index in [0.717, 1.165) is 11.5 Å². The number of hydrogen-bond donors (Lipinski definition) is 0. The monoisotopic (exact) mass is 204 g/mol. The normalized spacial score (nSPS) is 20.7. The Morgan fingerprint density at radius 3 is 2.53 bits per heavy atom. The molecule has 0 atom stereocenters. The summed E-state index contributed by atoms with van der Waals surface area (Å²) in [4.78, 5) is 0. The molecule has 0 aromatic heterocycles. The highest BCUT2D eigenvalue weighted by Crippen LogP contribution is 2.55. The van der Waals surface area contributed by atoms with Crippen molar-refractivity contribution in [2.24, 2.45) is 5.92 Å². The van der Waals surface area contributed by atoms with Crippen molar-refractivity contribution in [1.82, 2.24) is 0 Å². The minimum absolute atomic E-state index is 0.369. The van der Waals surface area contributed by atoms with Crippen LogP contribution in [0.2, 0.25) is 0 Å². The molecular formula is C13H16O2. The number of rotatable bonds is 2. The first-order valence-corrected chi connectivity index (χ1v) is 5.62. The van der Waals surface area contributed by atoms with E-state index in [1.807, 2.05) is 6.07 Å². The Morgan fingerprint density at radius 2 is 1.87 bits per heavy atom. The Morgan fingerprint density at radius 1 is 1.13 bits per heavy atom. The van der Waals surface area contributed by atoms with E-state index in [2.05, 4.69) is 26.0 Å². The Kier molecular flexibility index (Phi) is 1.76. The second kappa shape index (κ2) is 2.91. The van der Waals surface area contributed by atoms with E-state index in [0.29, 0.717) is 18.1 Å². The first-order chi connectivity index (χ1) is 7.22. The summed E-state index contributed by atoms with van der Waals surface area (Å²) in [5.74, 6) is 2.51. The lowest BCUT2D eigenvalue weighted by Gasteiger charge is -2.20. The van der Waals surface area contributed by atoms with Gasteiger partial charge in [0.2, 0.25) is 6.79 Å². The van der Waals surface area contributed by atoms with Gasteiger partial charge >= 0.3 is 0 Å². The number of ether oxygens (including phenoxy) is 2. The lowest BCUT2D eigenvalue weighted by molar-refractivity contribution is 0.174. The van der Waals surface area contributed by atoms with Gasteiger partial charge in [0.05, 0.1) is 0 Å². The van der Waals surface area contributed by atoms with Crippen molar-refractivity contribution in [3.8, 4) is 11.5 Å². The Hall–Kier alpha value is -1.18. The average Bonchev–Trinajstić information content (AvgIpc) is 2.91. The maximum atomic E-state index is 5.42. The van der Waals surface area contributed by atoms with E-state index in [9.17, 15) is 0 Å². The molecule has 1 aliphatic carbocycles. The van der Waals surface area contributed by atoms with Gasteiger partial charge < -0.3 is 9.47 Å². The molecule has 1 saturated carbocycles. The molecule has 80 valence electrons. The summed E-state index contributed by atoms with van der Waals surface area (Å²) in [6.07, 6.45) is 2.62. The van der Waals surface area contributed by atoms with Crippen LogP contribution in [0, 0.1) is 5.92 Å². The third-order valence-electron chi connectivity index (χ3n) is 3.84. The highest BCUT2D eigenvalue weighted by Gasteiger charge is 2.47. The smallest absolute Gasteiger partial charge is 0.231 e. The Balaban J connectivity index is 2.00. The van der Waals surface area contributed by atoms with Crippen molar-refractivity contribution in [3.05, 3.63) is 23.8 Å². The molecule has 2 heteroatoms. The van der Waals surface area contributed by atoms with Crippen LogP contribution in [0.1, 0.15) is 32.3 Å². The standard InChI is InChI=1S/C13H16O2/c1-9(2)13(5-6-13)10-3-4-11-12(7-10)15-8-14-11/h3-4,7,9H,5-6,8H2,1-2H3. The summed E-state index contributed by atoms with van der Waals surface area (Å²) in [7, 11) is 0. The molecule has 0 unspecified atom stereocenters.